The Labute approximate surface area is 116 Å². The lowest BCUT2D eigenvalue weighted by Gasteiger charge is -2.13. The van der Waals surface area contributed by atoms with Crippen LogP contribution < -0.4 is 5.32 Å². The van der Waals surface area contributed by atoms with Crippen molar-refractivity contribution < 1.29 is 5.11 Å². The first kappa shape index (κ1) is 12.1. The number of phenols is 1. The third-order valence-corrected chi connectivity index (χ3v) is 4.40. The zero-order valence-corrected chi connectivity index (χ0v) is 11.4. The van der Waals surface area contributed by atoms with Crippen LogP contribution in [-0.2, 0) is 0 Å². The van der Waals surface area contributed by atoms with Crippen LogP contribution in [0.5, 0.6) is 5.75 Å². The largest absolute Gasteiger partial charge is 0.508 e. The molecule has 0 fully saturated rings. The fourth-order valence-electron chi connectivity index (χ4n) is 2.13. The molecule has 1 heterocycles. The van der Waals surface area contributed by atoms with E-state index in [9.17, 15) is 5.11 Å². The smallest absolute Gasteiger partial charge is 0.117 e. The topological polar surface area (TPSA) is 32.3 Å². The summed E-state index contributed by atoms with van der Waals surface area (Å²) in [5.74, 6) is 0.286. The number of hydrogen-bond donors (Lipinski definition) is 2. The molecule has 0 radical (unpaired) electrons. The lowest BCUT2D eigenvalue weighted by atomic mass is 10.2. The predicted octanol–water partition coefficient (Wildman–Crippen LogP) is 4.78. The van der Waals surface area contributed by atoms with Gasteiger partial charge in [0.1, 0.15) is 5.75 Å². The highest BCUT2D eigenvalue weighted by molar-refractivity contribution is 7.19. The number of phenolic OH excluding ortho intramolecular Hbond substituents is 1. The zero-order valence-electron chi connectivity index (χ0n) is 10.6. The van der Waals surface area contributed by atoms with Crippen molar-refractivity contribution in [2.24, 2.45) is 0 Å². The number of anilines is 1. The summed E-state index contributed by atoms with van der Waals surface area (Å²) in [7, 11) is 0. The summed E-state index contributed by atoms with van der Waals surface area (Å²) >= 11 is 1.80. The van der Waals surface area contributed by atoms with Crippen molar-refractivity contribution in [3.05, 3.63) is 59.5 Å². The van der Waals surface area contributed by atoms with Gasteiger partial charge in [-0.15, -0.1) is 11.3 Å². The Morgan fingerprint density at radius 3 is 2.68 bits per heavy atom. The van der Waals surface area contributed by atoms with Gasteiger partial charge in [0, 0.05) is 21.3 Å². The normalized spacial score (nSPS) is 12.5. The molecule has 0 spiro atoms. The van der Waals surface area contributed by atoms with E-state index in [1.54, 1.807) is 23.5 Å². The Bertz CT molecular complexity index is 672. The van der Waals surface area contributed by atoms with Crippen molar-refractivity contribution in [1.82, 2.24) is 0 Å². The van der Waals surface area contributed by atoms with Crippen molar-refractivity contribution in [3.63, 3.8) is 0 Å². The second-order valence-electron chi connectivity index (χ2n) is 4.60. The molecule has 0 aliphatic rings. The molecule has 2 aromatic carbocycles. The molecule has 0 aliphatic carbocycles. The average Bonchev–Trinajstić information content (AvgIpc) is 2.82. The third kappa shape index (κ3) is 2.56. The van der Waals surface area contributed by atoms with Crippen LogP contribution in [0, 0.1) is 0 Å². The zero-order chi connectivity index (χ0) is 13.2. The van der Waals surface area contributed by atoms with Crippen LogP contribution in [0.1, 0.15) is 17.8 Å². The highest BCUT2D eigenvalue weighted by Crippen LogP contribution is 2.31. The van der Waals surface area contributed by atoms with Crippen LogP contribution in [0.25, 0.3) is 10.1 Å². The van der Waals surface area contributed by atoms with E-state index in [2.05, 4.69) is 42.6 Å². The number of thiophene rings is 1. The minimum atomic E-state index is 0.221. The lowest BCUT2D eigenvalue weighted by Crippen LogP contribution is -2.04. The van der Waals surface area contributed by atoms with Crippen LogP contribution in [-0.4, -0.2) is 5.11 Å². The van der Waals surface area contributed by atoms with E-state index in [1.165, 1.54) is 15.0 Å². The molecule has 1 atom stereocenters. The molecule has 3 heteroatoms. The Morgan fingerprint density at radius 1 is 1.05 bits per heavy atom. The Morgan fingerprint density at radius 2 is 1.89 bits per heavy atom. The maximum absolute atomic E-state index is 9.47. The standard InChI is InChI=1S/C16H15NOS/c1-11(17-13-6-4-7-14(18)10-13)16-9-12-5-2-3-8-15(12)19-16/h2-11,17-18H,1H3. The first-order chi connectivity index (χ1) is 9.22. The molecule has 3 rings (SSSR count). The second-order valence-corrected chi connectivity index (χ2v) is 5.72. The number of fused-ring (bicyclic) bond motifs is 1. The van der Waals surface area contributed by atoms with Gasteiger partial charge >= 0.3 is 0 Å². The third-order valence-electron chi connectivity index (χ3n) is 3.10. The minimum Gasteiger partial charge on any atom is -0.508 e. The van der Waals surface area contributed by atoms with Crippen LogP contribution in [0.15, 0.2) is 54.6 Å². The van der Waals surface area contributed by atoms with Gasteiger partial charge in [-0.05, 0) is 36.6 Å². The van der Waals surface area contributed by atoms with E-state index in [1.807, 2.05) is 12.1 Å². The van der Waals surface area contributed by atoms with Gasteiger partial charge in [0.05, 0.1) is 6.04 Å². The molecule has 0 bridgehead atoms. The summed E-state index contributed by atoms with van der Waals surface area (Å²) < 4.78 is 1.31. The van der Waals surface area contributed by atoms with Gasteiger partial charge in [-0.3, -0.25) is 0 Å². The molecule has 1 unspecified atom stereocenters. The van der Waals surface area contributed by atoms with Gasteiger partial charge in [-0.1, -0.05) is 24.3 Å². The summed E-state index contributed by atoms with van der Waals surface area (Å²) in [6, 6.07) is 18.1. The van der Waals surface area contributed by atoms with Crippen LogP contribution in [0.4, 0.5) is 5.69 Å². The van der Waals surface area contributed by atoms with Crippen molar-refractivity contribution in [1.29, 1.82) is 0 Å². The SMILES string of the molecule is CC(Nc1cccc(O)c1)c1cc2ccccc2s1. The molecule has 0 saturated heterocycles. The maximum Gasteiger partial charge on any atom is 0.117 e. The number of rotatable bonds is 3. The molecule has 3 aromatic rings. The quantitative estimate of drug-likeness (QED) is 0.717. The fraction of sp³-hybridized carbons (Fsp3) is 0.125. The highest BCUT2D eigenvalue weighted by Gasteiger charge is 2.09. The van der Waals surface area contributed by atoms with E-state index in [-0.39, 0.29) is 11.8 Å². The van der Waals surface area contributed by atoms with Gasteiger partial charge in [0.15, 0.2) is 0 Å². The molecule has 1 aromatic heterocycles. The number of nitrogens with one attached hydrogen (secondary N) is 1. The summed E-state index contributed by atoms with van der Waals surface area (Å²) in [5.41, 5.74) is 0.935. The van der Waals surface area contributed by atoms with Gasteiger partial charge in [0.25, 0.3) is 0 Å². The second kappa shape index (κ2) is 4.94. The molecule has 96 valence electrons. The van der Waals surface area contributed by atoms with Crippen LogP contribution in [0.2, 0.25) is 0 Å². The number of hydrogen-bond acceptors (Lipinski definition) is 3. The van der Waals surface area contributed by atoms with Crippen LogP contribution >= 0.6 is 11.3 Å². The fourth-order valence-corrected chi connectivity index (χ4v) is 3.20. The molecule has 0 saturated carbocycles. The van der Waals surface area contributed by atoms with E-state index in [0.717, 1.165) is 5.69 Å². The Balaban J connectivity index is 1.85. The van der Waals surface area contributed by atoms with Crippen LogP contribution in [0.3, 0.4) is 0 Å². The monoisotopic (exact) mass is 269 g/mol. The Hall–Kier alpha value is -2.00. The minimum absolute atomic E-state index is 0.221. The Kier molecular flexibility index (Phi) is 3.13. The van der Waals surface area contributed by atoms with Gasteiger partial charge in [-0.25, -0.2) is 0 Å². The van der Waals surface area contributed by atoms with Crippen molar-refractivity contribution >= 4 is 27.1 Å². The lowest BCUT2D eigenvalue weighted by molar-refractivity contribution is 0.475. The summed E-state index contributed by atoms with van der Waals surface area (Å²) in [4.78, 5) is 1.30. The molecule has 0 amide bonds. The van der Waals surface area contributed by atoms with E-state index < -0.39 is 0 Å². The van der Waals surface area contributed by atoms with E-state index in [4.69, 9.17) is 0 Å². The molecular weight excluding hydrogens is 254 g/mol. The summed E-state index contributed by atoms with van der Waals surface area (Å²) in [5, 5.41) is 14.2. The van der Waals surface area contributed by atoms with Crippen molar-refractivity contribution in [2.75, 3.05) is 5.32 Å². The first-order valence-electron chi connectivity index (χ1n) is 6.26. The molecular formula is C16H15NOS. The molecule has 19 heavy (non-hydrogen) atoms. The van der Waals surface area contributed by atoms with E-state index in [0.29, 0.717) is 0 Å². The molecule has 2 N–H and O–H groups in total. The summed E-state index contributed by atoms with van der Waals surface area (Å²) in [6.45, 7) is 2.13. The van der Waals surface area contributed by atoms with Gasteiger partial charge in [0.2, 0.25) is 0 Å². The first-order valence-corrected chi connectivity index (χ1v) is 7.08. The number of benzene rings is 2. The van der Waals surface area contributed by atoms with E-state index >= 15 is 0 Å². The summed E-state index contributed by atoms with van der Waals surface area (Å²) in [6.07, 6.45) is 0. The molecule has 2 nitrogen and oxygen atoms in total. The van der Waals surface area contributed by atoms with Crippen molar-refractivity contribution in [2.45, 2.75) is 13.0 Å². The van der Waals surface area contributed by atoms with Gasteiger partial charge in [-0.2, -0.15) is 0 Å². The average molecular weight is 269 g/mol. The van der Waals surface area contributed by atoms with Gasteiger partial charge < -0.3 is 10.4 Å². The molecule has 0 aliphatic heterocycles. The highest BCUT2D eigenvalue weighted by atomic mass is 32.1. The maximum atomic E-state index is 9.47. The predicted molar refractivity (Wildman–Crippen MR) is 82.0 cm³/mol. The van der Waals surface area contributed by atoms with Crippen molar-refractivity contribution in [3.8, 4) is 5.75 Å². The number of aromatic hydroxyl groups is 1.